The standard InChI is InChI=1S/C36H36N6O4/c1-36(2,43)23-38-26-14-15-27(30(21-26)44-3)39-35-37-18-17-28(40-35)34-33(41-32-12-8-9-19-42(32)34)25-13-16-29(31(20-25)45-4)46-22-24-10-6-5-7-11-24/h5-21,38,43H,22-23H2,1-4H3,(H,37,39,40). The zero-order chi connectivity index (χ0) is 32.1. The summed E-state index contributed by atoms with van der Waals surface area (Å²) in [4.78, 5) is 14.4. The van der Waals surface area contributed by atoms with E-state index in [4.69, 9.17) is 24.2 Å². The Morgan fingerprint density at radius 3 is 2.41 bits per heavy atom. The Bertz CT molecular complexity index is 1950. The van der Waals surface area contributed by atoms with E-state index in [1.807, 2.05) is 102 Å². The van der Waals surface area contributed by atoms with Gasteiger partial charge in [0.05, 0.1) is 42.6 Å². The summed E-state index contributed by atoms with van der Waals surface area (Å²) in [5, 5.41) is 16.6. The molecule has 0 radical (unpaired) electrons. The van der Waals surface area contributed by atoms with E-state index < -0.39 is 5.60 Å². The fraction of sp³-hybridized carbons (Fsp3) is 0.194. The van der Waals surface area contributed by atoms with Gasteiger partial charge < -0.3 is 30.0 Å². The van der Waals surface area contributed by atoms with Crippen LogP contribution in [0.2, 0.25) is 0 Å². The maximum Gasteiger partial charge on any atom is 0.227 e. The molecule has 0 spiro atoms. The first kappa shape index (κ1) is 30.4. The highest BCUT2D eigenvalue weighted by atomic mass is 16.5. The molecular weight excluding hydrogens is 580 g/mol. The van der Waals surface area contributed by atoms with Crippen LogP contribution in [0.3, 0.4) is 0 Å². The summed E-state index contributed by atoms with van der Waals surface area (Å²) < 4.78 is 19.5. The van der Waals surface area contributed by atoms with E-state index in [1.165, 1.54) is 0 Å². The van der Waals surface area contributed by atoms with Crippen molar-refractivity contribution >= 4 is 23.0 Å². The van der Waals surface area contributed by atoms with Crippen molar-refractivity contribution in [3.8, 4) is 39.9 Å². The molecule has 3 aromatic carbocycles. The minimum Gasteiger partial charge on any atom is -0.494 e. The van der Waals surface area contributed by atoms with Gasteiger partial charge in [-0.25, -0.2) is 15.0 Å². The highest BCUT2D eigenvalue weighted by Crippen LogP contribution is 2.38. The van der Waals surface area contributed by atoms with Gasteiger partial charge in [-0.05, 0) is 67.9 Å². The molecule has 0 aliphatic heterocycles. The summed E-state index contributed by atoms with van der Waals surface area (Å²) in [6, 6.07) is 29.2. The van der Waals surface area contributed by atoms with Crippen LogP contribution >= 0.6 is 0 Å². The predicted octanol–water partition coefficient (Wildman–Crippen LogP) is 6.98. The molecule has 0 fully saturated rings. The Balaban J connectivity index is 1.32. The number of methoxy groups -OCH3 is 2. The lowest BCUT2D eigenvalue weighted by Crippen LogP contribution is -2.29. The van der Waals surface area contributed by atoms with Gasteiger partial charge in [-0.3, -0.25) is 4.40 Å². The normalized spacial score (nSPS) is 11.3. The second-order valence-corrected chi connectivity index (χ2v) is 11.3. The largest absolute Gasteiger partial charge is 0.494 e. The van der Waals surface area contributed by atoms with E-state index in [-0.39, 0.29) is 0 Å². The van der Waals surface area contributed by atoms with Gasteiger partial charge in [0, 0.05) is 36.3 Å². The van der Waals surface area contributed by atoms with Crippen molar-refractivity contribution in [3.05, 3.63) is 109 Å². The van der Waals surface area contributed by atoms with Gasteiger partial charge in [0.25, 0.3) is 0 Å². The summed E-state index contributed by atoms with van der Waals surface area (Å²) >= 11 is 0. The monoisotopic (exact) mass is 616 g/mol. The maximum atomic E-state index is 10.1. The van der Waals surface area contributed by atoms with Gasteiger partial charge in [0.15, 0.2) is 11.5 Å². The molecule has 234 valence electrons. The number of anilines is 3. The summed E-state index contributed by atoms with van der Waals surface area (Å²) in [5.41, 5.74) is 5.59. The number of aliphatic hydroxyl groups is 1. The van der Waals surface area contributed by atoms with Gasteiger partial charge in [0.2, 0.25) is 5.95 Å². The molecule has 0 aliphatic carbocycles. The Kier molecular flexibility index (Phi) is 8.71. The molecule has 6 rings (SSSR count). The van der Waals surface area contributed by atoms with Crippen LogP contribution < -0.4 is 24.8 Å². The van der Waals surface area contributed by atoms with Crippen LogP contribution in [0.5, 0.6) is 17.2 Å². The van der Waals surface area contributed by atoms with Gasteiger partial charge in [-0.2, -0.15) is 0 Å². The molecule has 0 aliphatic rings. The van der Waals surface area contributed by atoms with Crippen LogP contribution in [0, 0.1) is 0 Å². The molecule has 0 saturated carbocycles. The molecule has 0 amide bonds. The number of imidazole rings is 1. The van der Waals surface area contributed by atoms with Crippen LogP contribution in [0.25, 0.3) is 28.3 Å². The lowest BCUT2D eigenvalue weighted by Gasteiger charge is -2.19. The quantitative estimate of drug-likeness (QED) is 0.134. The van der Waals surface area contributed by atoms with E-state index in [0.29, 0.717) is 47.7 Å². The number of benzene rings is 3. The molecule has 10 heteroatoms. The molecule has 10 nitrogen and oxygen atoms in total. The third kappa shape index (κ3) is 6.87. The van der Waals surface area contributed by atoms with Gasteiger partial charge in [-0.15, -0.1) is 0 Å². The molecule has 0 bridgehead atoms. The van der Waals surface area contributed by atoms with Crippen LogP contribution in [-0.4, -0.2) is 50.8 Å². The molecule has 3 aromatic heterocycles. The number of rotatable bonds is 12. The van der Waals surface area contributed by atoms with Gasteiger partial charge in [-0.1, -0.05) is 36.4 Å². The topological polar surface area (TPSA) is 115 Å². The number of pyridine rings is 1. The van der Waals surface area contributed by atoms with Gasteiger partial charge in [0.1, 0.15) is 18.0 Å². The zero-order valence-electron chi connectivity index (χ0n) is 26.2. The van der Waals surface area contributed by atoms with Crippen molar-refractivity contribution < 1.29 is 19.3 Å². The van der Waals surface area contributed by atoms with Crippen molar-refractivity contribution in [2.75, 3.05) is 31.4 Å². The third-order valence-corrected chi connectivity index (χ3v) is 7.28. The van der Waals surface area contributed by atoms with Crippen molar-refractivity contribution in [2.45, 2.75) is 26.1 Å². The van der Waals surface area contributed by atoms with Crippen LogP contribution in [0.4, 0.5) is 17.3 Å². The van der Waals surface area contributed by atoms with Crippen molar-refractivity contribution in [1.29, 1.82) is 0 Å². The maximum absolute atomic E-state index is 10.1. The number of ether oxygens (including phenoxy) is 3. The van der Waals surface area contributed by atoms with E-state index in [1.54, 1.807) is 34.3 Å². The van der Waals surface area contributed by atoms with Crippen LogP contribution in [0.15, 0.2) is 103 Å². The number of fused-ring (bicyclic) bond motifs is 1. The van der Waals surface area contributed by atoms with Crippen molar-refractivity contribution in [3.63, 3.8) is 0 Å². The first-order chi connectivity index (χ1) is 22.3. The lowest BCUT2D eigenvalue weighted by molar-refractivity contribution is 0.0945. The Morgan fingerprint density at radius 2 is 1.63 bits per heavy atom. The summed E-state index contributed by atoms with van der Waals surface area (Å²) in [6.45, 7) is 4.32. The second kappa shape index (κ2) is 13.2. The highest BCUT2D eigenvalue weighted by Gasteiger charge is 2.20. The zero-order valence-corrected chi connectivity index (χ0v) is 26.2. The molecule has 3 heterocycles. The second-order valence-electron chi connectivity index (χ2n) is 11.3. The first-order valence-corrected chi connectivity index (χ1v) is 14.9. The molecule has 0 atom stereocenters. The van der Waals surface area contributed by atoms with Gasteiger partial charge >= 0.3 is 0 Å². The average Bonchev–Trinajstić information content (AvgIpc) is 3.47. The molecule has 0 saturated heterocycles. The minimum absolute atomic E-state index is 0.394. The third-order valence-electron chi connectivity index (χ3n) is 7.28. The van der Waals surface area contributed by atoms with Crippen molar-refractivity contribution in [2.24, 2.45) is 0 Å². The van der Waals surface area contributed by atoms with Crippen molar-refractivity contribution in [1.82, 2.24) is 19.4 Å². The average molecular weight is 617 g/mol. The summed E-state index contributed by atoms with van der Waals surface area (Å²) in [5.74, 6) is 2.25. The number of nitrogens with one attached hydrogen (secondary N) is 2. The number of nitrogens with zero attached hydrogens (tertiary/aromatic N) is 4. The fourth-order valence-corrected chi connectivity index (χ4v) is 5.01. The molecular formula is C36H36N6O4. The predicted molar refractivity (Wildman–Crippen MR) is 180 cm³/mol. The Hall–Kier alpha value is -5.61. The summed E-state index contributed by atoms with van der Waals surface area (Å²) in [7, 11) is 3.24. The van der Waals surface area contributed by atoms with Crippen LogP contribution in [-0.2, 0) is 6.61 Å². The smallest absolute Gasteiger partial charge is 0.227 e. The number of hydrogen-bond acceptors (Lipinski definition) is 9. The number of hydrogen-bond donors (Lipinski definition) is 3. The van der Waals surface area contributed by atoms with E-state index in [2.05, 4.69) is 15.6 Å². The van der Waals surface area contributed by atoms with E-state index in [9.17, 15) is 5.11 Å². The first-order valence-electron chi connectivity index (χ1n) is 14.9. The minimum atomic E-state index is -0.849. The number of aromatic nitrogens is 4. The molecule has 46 heavy (non-hydrogen) atoms. The highest BCUT2D eigenvalue weighted by molar-refractivity contribution is 5.82. The lowest BCUT2D eigenvalue weighted by atomic mass is 10.1. The molecule has 3 N–H and O–H groups in total. The van der Waals surface area contributed by atoms with E-state index in [0.717, 1.165) is 33.8 Å². The molecule has 0 unspecified atom stereocenters. The van der Waals surface area contributed by atoms with Crippen LogP contribution in [0.1, 0.15) is 19.4 Å². The fourth-order valence-electron chi connectivity index (χ4n) is 5.01. The Labute approximate surface area is 267 Å². The Morgan fingerprint density at radius 1 is 0.826 bits per heavy atom. The molecule has 6 aromatic rings. The SMILES string of the molecule is COc1cc(NCC(C)(C)O)ccc1Nc1nccc(-c2c(-c3ccc(OCc4ccccc4)c(OC)c3)nc3ccccn23)n1. The van der Waals surface area contributed by atoms with E-state index >= 15 is 0 Å². The summed E-state index contributed by atoms with van der Waals surface area (Å²) in [6.07, 6.45) is 3.68.